The van der Waals surface area contributed by atoms with Crippen molar-refractivity contribution in [3.8, 4) is 27.5 Å². The van der Waals surface area contributed by atoms with Crippen molar-refractivity contribution in [3.63, 3.8) is 0 Å². The van der Waals surface area contributed by atoms with E-state index >= 15 is 0 Å². The monoisotopic (exact) mass is 512 g/mol. The molecule has 0 bridgehead atoms. The molecule has 2 amide bonds. The summed E-state index contributed by atoms with van der Waals surface area (Å²) in [5, 5.41) is 10.1. The van der Waals surface area contributed by atoms with Crippen molar-refractivity contribution in [2.24, 2.45) is 0 Å². The number of rotatable bonds is 4. The average molecular weight is 513 g/mol. The number of amides is 2. The highest BCUT2D eigenvalue weighted by Crippen LogP contribution is 2.45. The SMILES string of the molecule is CC(=O)Nc1ccc(-n2nc(-c3cccnc3)c3c2-c2sc(NC(C)=O)nc2CC3)c(C(F)(F)F)c1. The molecule has 0 spiro atoms. The van der Waals surface area contributed by atoms with Gasteiger partial charge in [-0.05, 0) is 43.2 Å². The number of halogens is 3. The van der Waals surface area contributed by atoms with Gasteiger partial charge in [0.15, 0.2) is 5.13 Å². The molecule has 0 unspecified atom stereocenters. The lowest BCUT2D eigenvalue weighted by atomic mass is 9.95. The van der Waals surface area contributed by atoms with Crippen LogP contribution in [-0.4, -0.2) is 31.6 Å². The van der Waals surface area contributed by atoms with Crippen LogP contribution in [0.5, 0.6) is 0 Å². The van der Waals surface area contributed by atoms with Gasteiger partial charge in [-0.1, -0.05) is 11.3 Å². The van der Waals surface area contributed by atoms with Crippen LogP contribution in [0.1, 0.15) is 30.7 Å². The molecule has 3 aromatic heterocycles. The Morgan fingerprint density at radius 3 is 2.53 bits per heavy atom. The summed E-state index contributed by atoms with van der Waals surface area (Å²) < 4.78 is 44.0. The number of pyridine rings is 1. The molecule has 0 saturated heterocycles. The van der Waals surface area contributed by atoms with Crippen molar-refractivity contribution in [1.29, 1.82) is 0 Å². The Kier molecular flexibility index (Phi) is 5.83. The second-order valence-corrected chi connectivity index (χ2v) is 9.22. The highest BCUT2D eigenvalue weighted by atomic mass is 32.1. The Bertz CT molecular complexity index is 1490. The molecular formula is C24H19F3N6O2S. The third-order valence-electron chi connectivity index (χ3n) is 5.58. The van der Waals surface area contributed by atoms with Crippen molar-refractivity contribution < 1.29 is 22.8 Å². The van der Waals surface area contributed by atoms with E-state index in [2.05, 4.69) is 25.7 Å². The van der Waals surface area contributed by atoms with Crippen molar-refractivity contribution in [2.45, 2.75) is 32.9 Å². The van der Waals surface area contributed by atoms with E-state index in [0.29, 0.717) is 45.5 Å². The number of hydrogen-bond acceptors (Lipinski definition) is 6. The fourth-order valence-corrected chi connectivity index (χ4v) is 5.33. The molecule has 0 radical (unpaired) electrons. The molecule has 0 atom stereocenters. The maximum Gasteiger partial charge on any atom is 0.418 e. The summed E-state index contributed by atoms with van der Waals surface area (Å²) in [5.41, 5.74) is 2.02. The number of nitrogens with zero attached hydrogens (tertiary/aromatic N) is 4. The van der Waals surface area contributed by atoms with Crippen LogP contribution >= 0.6 is 11.3 Å². The van der Waals surface area contributed by atoms with E-state index < -0.39 is 17.6 Å². The van der Waals surface area contributed by atoms with Gasteiger partial charge in [0.05, 0.1) is 33.2 Å². The predicted molar refractivity (Wildman–Crippen MR) is 129 cm³/mol. The molecule has 5 rings (SSSR count). The molecule has 3 heterocycles. The second-order valence-electron chi connectivity index (χ2n) is 8.22. The summed E-state index contributed by atoms with van der Waals surface area (Å²) in [7, 11) is 0. The molecule has 0 aliphatic heterocycles. The molecule has 8 nitrogen and oxygen atoms in total. The fourth-order valence-electron chi connectivity index (χ4n) is 4.21. The molecule has 2 N–H and O–H groups in total. The molecular weight excluding hydrogens is 493 g/mol. The first kappa shape index (κ1) is 23.7. The lowest BCUT2D eigenvalue weighted by molar-refractivity contribution is -0.137. The van der Waals surface area contributed by atoms with E-state index in [1.165, 1.54) is 42.0 Å². The summed E-state index contributed by atoms with van der Waals surface area (Å²) in [4.78, 5) is 32.3. The summed E-state index contributed by atoms with van der Waals surface area (Å²) in [5.74, 6) is -0.773. The van der Waals surface area contributed by atoms with Crippen molar-refractivity contribution >= 4 is 34.0 Å². The van der Waals surface area contributed by atoms with Gasteiger partial charge in [0.2, 0.25) is 11.8 Å². The molecule has 1 aliphatic carbocycles. The van der Waals surface area contributed by atoms with Crippen LogP contribution < -0.4 is 10.6 Å². The second kappa shape index (κ2) is 8.86. The number of benzene rings is 1. The van der Waals surface area contributed by atoms with Crippen molar-refractivity contribution in [3.05, 3.63) is 59.5 Å². The first-order valence-electron chi connectivity index (χ1n) is 10.9. The van der Waals surface area contributed by atoms with E-state index in [9.17, 15) is 22.8 Å². The van der Waals surface area contributed by atoms with Crippen LogP contribution in [0.2, 0.25) is 0 Å². The Labute approximate surface area is 207 Å². The zero-order valence-corrected chi connectivity index (χ0v) is 19.9. The molecule has 1 aromatic carbocycles. The van der Waals surface area contributed by atoms with Gasteiger partial charge in [-0.3, -0.25) is 14.6 Å². The van der Waals surface area contributed by atoms with Crippen LogP contribution in [0, 0.1) is 0 Å². The van der Waals surface area contributed by atoms with Gasteiger partial charge in [-0.25, -0.2) is 9.67 Å². The first-order valence-corrected chi connectivity index (χ1v) is 11.7. The largest absolute Gasteiger partial charge is 0.418 e. The first-order chi connectivity index (χ1) is 17.1. The van der Waals surface area contributed by atoms with Crippen LogP contribution in [0.25, 0.3) is 27.5 Å². The fraction of sp³-hybridized carbons (Fsp3) is 0.208. The molecule has 36 heavy (non-hydrogen) atoms. The van der Waals surface area contributed by atoms with E-state index in [1.54, 1.807) is 24.5 Å². The lowest BCUT2D eigenvalue weighted by Crippen LogP contribution is -2.15. The van der Waals surface area contributed by atoms with Gasteiger partial charge in [0.1, 0.15) is 0 Å². The van der Waals surface area contributed by atoms with Crippen LogP contribution in [0.4, 0.5) is 24.0 Å². The summed E-state index contributed by atoms with van der Waals surface area (Å²) >= 11 is 1.19. The van der Waals surface area contributed by atoms with Crippen LogP contribution in [0.15, 0.2) is 42.7 Å². The van der Waals surface area contributed by atoms with E-state index in [0.717, 1.165) is 11.6 Å². The van der Waals surface area contributed by atoms with Crippen molar-refractivity contribution in [2.75, 3.05) is 10.6 Å². The molecule has 0 saturated carbocycles. The normalized spacial score (nSPS) is 12.6. The Hall–Kier alpha value is -4.06. The molecule has 12 heteroatoms. The zero-order chi connectivity index (χ0) is 25.6. The minimum absolute atomic E-state index is 0.0264. The minimum Gasteiger partial charge on any atom is -0.326 e. The summed E-state index contributed by atoms with van der Waals surface area (Å²) in [6.45, 7) is 2.59. The molecule has 0 fully saturated rings. The molecule has 184 valence electrons. The van der Waals surface area contributed by atoms with Crippen molar-refractivity contribution in [1.82, 2.24) is 19.7 Å². The number of fused-ring (bicyclic) bond motifs is 3. The number of alkyl halides is 3. The summed E-state index contributed by atoms with van der Waals surface area (Å²) in [6.07, 6.45) is -0.450. The Morgan fingerprint density at radius 2 is 1.86 bits per heavy atom. The highest BCUT2D eigenvalue weighted by Gasteiger charge is 2.37. The molecule has 1 aliphatic rings. The standard InChI is InChI=1S/C24H19F3N6O2S/c1-12(34)29-15-5-8-19(17(10-15)24(25,26)27)33-21-16(20(32-33)14-4-3-9-28-11-14)6-7-18-22(21)36-23(31-18)30-13(2)35/h3-5,8-11H,6-7H2,1-2H3,(H,29,34)(H,30,31,35). The number of carbonyl (C=O) groups excluding carboxylic acids is 2. The number of anilines is 2. The van der Waals surface area contributed by atoms with Crippen LogP contribution in [0.3, 0.4) is 0 Å². The predicted octanol–water partition coefficient (Wildman–Crippen LogP) is 5.09. The topological polar surface area (TPSA) is 102 Å². The third-order valence-corrected chi connectivity index (χ3v) is 6.60. The van der Waals surface area contributed by atoms with Gasteiger partial charge in [0.25, 0.3) is 0 Å². The average Bonchev–Trinajstić information content (AvgIpc) is 3.39. The smallest absolute Gasteiger partial charge is 0.326 e. The minimum atomic E-state index is -4.72. The quantitative estimate of drug-likeness (QED) is 0.397. The number of aromatic nitrogens is 4. The van der Waals surface area contributed by atoms with E-state index in [1.807, 2.05) is 0 Å². The van der Waals surface area contributed by atoms with Gasteiger partial charge in [-0.2, -0.15) is 18.3 Å². The maximum atomic E-state index is 14.2. The zero-order valence-electron chi connectivity index (χ0n) is 19.1. The van der Waals surface area contributed by atoms with E-state index in [-0.39, 0.29) is 17.3 Å². The number of hydrogen-bond donors (Lipinski definition) is 2. The van der Waals surface area contributed by atoms with Gasteiger partial charge in [0, 0.05) is 43.1 Å². The lowest BCUT2D eigenvalue weighted by Gasteiger charge is -2.18. The highest BCUT2D eigenvalue weighted by molar-refractivity contribution is 7.19. The number of thiazole rings is 1. The third kappa shape index (κ3) is 4.35. The van der Waals surface area contributed by atoms with Crippen LogP contribution in [-0.2, 0) is 28.6 Å². The number of carbonyl (C=O) groups is 2. The number of nitrogens with one attached hydrogen (secondary N) is 2. The molecule has 4 aromatic rings. The maximum absolute atomic E-state index is 14.2. The van der Waals surface area contributed by atoms with Gasteiger partial charge >= 0.3 is 6.18 Å². The van der Waals surface area contributed by atoms with Gasteiger partial charge < -0.3 is 10.6 Å². The number of aryl methyl sites for hydroxylation is 1. The Balaban J connectivity index is 1.77. The Morgan fingerprint density at radius 1 is 1.08 bits per heavy atom. The van der Waals surface area contributed by atoms with E-state index in [4.69, 9.17) is 0 Å². The summed E-state index contributed by atoms with van der Waals surface area (Å²) in [6, 6.07) is 7.13. The van der Waals surface area contributed by atoms with Gasteiger partial charge in [-0.15, -0.1) is 0 Å².